The number of nitrogens with zero attached hydrogens (tertiary/aromatic N) is 1. The highest BCUT2D eigenvalue weighted by molar-refractivity contribution is 6.02. The van der Waals surface area contributed by atoms with Crippen LogP contribution in [0.15, 0.2) is 30.3 Å². The molecule has 6 heteroatoms. The fourth-order valence-corrected chi connectivity index (χ4v) is 6.88. The Kier molecular flexibility index (Phi) is 4.37. The van der Waals surface area contributed by atoms with Crippen LogP contribution < -0.4 is 15.1 Å². The Morgan fingerprint density at radius 3 is 2.61 bits per heavy atom. The summed E-state index contributed by atoms with van der Waals surface area (Å²) in [5.41, 5.74) is 5.38. The average molecular weight is 420 g/mol. The molecule has 2 saturated heterocycles. The monoisotopic (exact) mass is 419 g/mol. The van der Waals surface area contributed by atoms with Gasteiger partial charge in [-0.3, -0.25) is 14.1 Å². The van der Waals surface area contributed by atoms with Gasteiger partial charge in [-0.15, -0.1) is 0 Å². The number of carbonyl (C=O) groups is 2. The van der Waals surface area contributed by atoms with E-state index in [2.05, 4.69) is 39.9 Å². The minimum atomic E-state index is -0.493. The molecule has 1 aromatic carbocycles. The second kappa shape index (κ2) is 7.04. The first kappa shape index (κ1) is 19.3. The maximum atomic E-state index is 13.8. The number of Topliss-reactive ketones (excluding diaryl/α,β-unsaturated/α-hetero) is 1. The first-order chi connectivity index (χ1) is 15.1. The highest BCUT2D eigenvalue weighted by atomic mass is 16.2. The molecule has 0 bridgehead atoms. The molecule has 31 heavy (non-hydrogen) atoms. The molecule has 2 aromatic rings. The van der Waals surface area contributed by atoms with Crippen LogP contribution in [0.1, 0.15) is 53.0 Å². The molecular weight excluding hydrogens is 388 g/mol. The summed E-state index contributed by atoms with van der Waals surface area (Å²) in [4.78, 5) is 30.7. The molecule has 2 aliphatic carbocycles. The van der Waals surface area contributed by atoms with Crippen molar-refractivity contribution in [2.45, 2.75) is 50.5 Å². The third kappa shape index (κ3) is 2.64. The number of rotatable bonds is 3. The van der Waals surface area contributed by atoms with Crippen molar-refractivity contribution in [3.63, 3.8) is 0 Å². The van der Waals surface area contributed by atoms with Gasteiger partial charge in [-0.2, -0.15) is 0 Å². The summed E-state index contributed by atoms with van der Waals surface area (Å²) in [5, 5.41) is 6.65. The van der Waals surface area contributed by atoms with Crippen molar-refractivity contribution in [1.29, 1.82) is 0 Å². The first-order valence-electron chi connectivity index (χ1n) is 11.8. The van der Waals surface area contributed by atoms with Gasteiger partial charge in [0.1, 0.15) is 5.69 Å². The fourth-order valence-electron chi connectivity index (χ4n) is 6.88. The molecule has 0 radical (unpaired) electrons. The molecule has 2 atom stereocenters. The molecular formula is C25H31N4O2+. The van der Waals surface area contributed by atoms with Crippen molar-refractivity contribution < 1.29 is 9.59 Å². The lowest BCUT2D eigenvalue weighted by Crippen LogP contribution is -2.69. The van der Waals surface area contributed by atoms with Crippen LogP contribution in [0.2, 0.25) is 0 Å². The lowest BCUT2D eigenvalue weighted by Gasteiger charge is -2.49. The molecule has 4 aliphatic rings. The molecule has 2 fully saturated rings. The topological polar surface area (TPSA) is 74.0 Å². The molecule has 0 saturated carbocycles. The van der Waals surface area contributed by atoms with E-state index < -0.39 is 5.54 Å². The highest BCUT2D eigenvalue weighted by Crippen LogP contribution is 2.45. The number of nitrogens with one attached hydrogen (secondary N) is 3. The number of para-hydroxylation sites is 1. The van der Waals surface area contributed by atoms with E-state index in [-0.39, 0.29) is 11.8 Å². The second-order valence-corrected chi connectivity index (χ2v) is 9.82. The molecule has 1 spiro atoms. The number of hydrogen-bond acceptors (Lipinski definition) is 3. The Morgan fingerprint density at radius 1 is 1.00 bits per heavy atom. The van der Waals surface area contributed by atoms with Crippen molar-refractivity contribution in [2.75, 3.05) is 26.3 Å². The van der Waals surface area contributed by atoms with Gasteiger partial charge in [0.05, 0.1) is 12.5 Å². The summed E-state index contributed by atoms with van der Waals surface area (Å²) in [6, 6.07) is 10.5. The van der Waals surface area contributed by atoms with E-state index in [1.165, 1.54) is 11.3 Å². The van der Waals surface area contributed by atoms with Crippen LogP contribution in [0.4, 0.5) is 5.69 Å². The maximum Gasteiger partial charge on any atom is 0.286 e. The average Bonchev–Trinajstić information content (AvgIpc) is 3.46. The SMILES string of the molecule is O=C1c2c([nH]c3c2CCC3)CCC1C[N+]1(c2ccccc2)CNC(=O)C12CCNCC2. The summed E-state index contributed by atoms with van der Waals surface area (Å²) in [6.45, 7) is 2.95. The summed E-state index contributed by atoms with van der Waals surface area (Å²) in [6.07, 6.45) is 6.64. The van der Waals surface area contributed by atoms with Gasteiger partial charge in [-0.05, 0) is 49.8 Å². The van der Waals surface area contributed by atoms with Crippen molar-refractivity contribution in [3.8, 4) is 0 Å². The number of aryl methyl sites for hydroxylation is 2. The van der Waals surface area contributed by atoms with Crippen molar-refractivity contribution in [1.82, 2.24) is 20.1 Å². The van der Waals surface area contributed by atoms with E-state index in [0.717, 1.165) is 75.0 Å². The van der Waals surface area contributed by atoms with Crippen LogP contribution in [0.3, 0.4) is 0 Å². The van der Waals surface area contributed by atoms with Gasteiger partial charge in [-0.25, -0.2) is 0 Å². The lowest BCUT2D eigenvalue weighted by molar-refractivity contribution is -0.127. The van der Waals surface area contributed by atoms with E-state index >= 15 is 0 Å². The predicted molar refractivity (Wildman–Crippen MR) is 120 cm³/mol. The quantitative estimate of drug-likeness (QED) is 0.669. The normalized spacial score (nSPS) is 29.1. The standard InChI is InChI=1S/C25H30N4O2/c30-23-17(9-10-21-22(23)19-7-4-8-20(19)28-21)15-29(18-5-2-1-3-6-18)16-27-24(31)25(29)11-13-26-14-12-25/h1-3,5-6,17,26H,4,7-16H2,(H-,27,28,30,31)/p+1. The van der Waals surface area contributed by atoms with Crippen LogP contribution in [0.25, 0.3) is 0 Å². The Labute approximate surface area is 183 Å². The minimum absolute atomic E-state index is 0.0485. The van der Waals surface area contributed by atoms with E-state index in [4.69, 9.17) is 0 Å². The van der Waals surface area contributed by atoms with Gasteiger partial charge in [0.25, 0.3) is 5.91 Å². The molecule has 3 N–H and O–H groups in total. The van der Waals surface area contributed by atoms with E-state index in [1.807, 2.05) is 6.07 Å². The largest absolute Gasteiger partial charge is 0.361 e. The number of piperidine rings is 1. The van der Waals surface area contributed by atoms with Gasteiger partial charge in [0.15, 0.2) is 18.0 Å². The van der Waals surface area contributed by atoms with Crippen molar-refractivity contribution >= 4 is 17.4 Å². The van der Waals surface area contributed by atoms with Gasteiger partial charge < -0.3 is 15.6 Å². The summed E-state index contributed by atoms with van der Waals surface area (Å²) >= 11 is 0. The smallest absolute Gasteiger partial charge is 0.286 e. The minimum Gasteiger partial charge on any atom is -0.361 e. The molecule has 6 nitrogen and oxygen atoms in total. The van der Waals surface area contributed by atoms with Crippen LogP contribution >= 0.6 is 0 Å². The molecule has 2 aliphatic heterocycles. The molecule has 2 unspecified atom stereocenters. The summed E-state index contributed by atoms with van der Waals surface area (Å²) < 4.78 is 0.562. The predicted octanol–water partition coefficient (Wildman–Crippen LogP) is 2.47. The zero-order valence-corrected chi connectivity index (χ0v) is 18.0. The Bertz CT molecular complexity index is 1040. The Balaban J connectivity index is 1.42. The number of aromatic nitrogens is 1. The van der Waals surface area contributed by atoms with E-state index in [9.17, 15) is 9.59 Å². The van der Waals surface area contributed by atoms with Crippen LogP contribution in [0.5, 0.6) is 0 Å². The zero-order valence-electron chi connectivity index (χ0n) is 18.0. The van der Waals surface area contributed by atoms with E-state index in [0.29, 0.717) is 23.5 Å². The van der Waals surface area contributed by atoms with Crippen LogP contribution in [-0.2, 0) is 24.1 Å². The second-order valence-electron chi connectivity index (χ2n) is 9.82. The maximum absolute atomic E-state index is 13.8. The first-order valence-corrected chi connectivity index (χ1v) is 11.8. The molecule has 6 rings (SSSR count). The number of carbonyl (C=O) groups excluding carboxylic acids is 2. The number of hydrogen-bond donors (Lipinski definition) is 3. The lowest BCUT2D eigenvalue weighted by atomic mass is 9.79. The highest BCUT2D eigenvalue weighted by Gasteiger charge is 2.63. The van der Waals surface area contributed by atoms with Gasteiger partial charge in [0.2, 0.25) is 0 Å². The zero-order chi connectivity index (χ0) is 21.1. The third-order valence-electron chi connectivity index (χ3n) is 8.45. The van der Waals surface area contributed by atoms with Gasteiger partial charge >= 0.3 is 0 Å². The Hall–Kier alpha value is -2.44. The molecule has 1 aromatic heterocycles. The third-order valence-corrected chi connectivity index (χ3v) is 8.45. The summed E-state index contributed by atoms with van der Waals surface area (Å²) in [7, 11) is 0. The summed E-state index contributed by atoms with van der Waals surface area (Å²) in [5.74, 6) is 0.412. The van der Waals surface area contributed by atoms with Crippen LogP contribution in [-0.4, -0.2) is 48.5 Å². The van der Waals surface area contributed by atoms with Crippen LogP contribution in [0, 0.1) is 5.92 Å². The van der Waals surface area contributed by atoms with Gasteiger partial charge in [0, 0.05) is 42.9 Å². The number of aromatic amines is 1. The van der Waals surface area contributed by atoms with Crippen molar-refractivity contribution in [3.05, 3.63) is 52.8 Å². The van der Waals surface area contributed by atoms with Gasteiger partial charge in [-0.1, -0.05) is 18.2 Å². The number of ketones is 1. The number of benzene rings is 1. The Morgan fingerprint density at radius 2 is 1.81 bits per heavy atom. The number of amides is 1. The van der Waals surface area contributed by atoms with E-state index in [1.54, 1.807) is 0 Å². The number of fused-ring (bicyclic) bond motifs is 3. The molecule has 3 heterocycles. The van der Waals surface area contributed by atoms with Crippen molar-refractivity contribution in [2.24, 2.45) is 5.92 Å². The fraction of sp³-hybridized carbons (Fsp3) is 0.520. The molecule has 162 valence electrons. The molecule has 1 amide bonds. The number of quaternary nitrogens is 1. The number of H-pyrrole nitrogens is 1.